The molecule has 2 heterocycles. The lowest BCUT2D eigenvalue weighted by atomic mass is 9.91. The predicted octanol–water partition coefficient (Wildman–Crippen LogP) is 1.22. The predicted molar refractivity (Wildman–Crippen MR) is 89.1 cm³/mol. The molecule has 1 aromatic carbocycles. The molecule has 0 aromatic heterocycles. The number of carbonyl (C=O) groups is 2. The molecule has 0 bridgehead atoms. The molecule has 2 amide bonds. The zero-order chi connectivity index (χ0) is 16.4. The largest absolute Gasteiger partial charge is 0.354 e. The van der Waals surface area contributed by atoms with E-state index in [1.54, 1.807) is 11.8 Å². The monoisotopic (exact) mass is 335 g/mol. The molecule has 1 aromatic rings. The van der Waals surface area contributed by atoms with Crippen molar-refractivity contribution in [2.24, 2.45) is 0 Å². The number of rotatable bonds is 3. The summed E-state index contributed by atoms with van der Waals surface area (Å²) in [7, 11) is 0. The summed E-state index contributed by atoms with van der Waals surface area (Å²) in [4.78, 5) is 28.8. The SMILES string of the molecule is CC(Cl)C(=O)N1CCN(Cc2ccccc2)C2(CCNC2=O)C1. The number of hydrogen-bond acceptors (Lipinski definition) is 3. The topological polar surface area (TPSA) is 52.7 Å². The van der Waals surface area contributed by atoms with Crippen LogP contribution in [0.15, 0.2) is 30.3 Å². The van der Waals surface area contributed by atoms with Crippen molar-refractivity contribution in [2.45, 2.75) is 30.8 Å². The Morgan fingerprint density at radius 3 is 2.70 bits per heavy atom. The maximum atomic E-state index is 12.6. The molecule has 6 heteroatoms. The highest BCUT2D eigenvalue weighted by Gasteiger charge is 2.51. The van der Waals surface area contributed by atoms with Crippen molar-refractivity contribution < 1.29 is 9.59 Å². The molecule has 3 rings (SSSR count). The number of nitrogens with one attached hydrogen (secondary N) is 1. The van der Waals surface area contributed by atoms with E-state index in [0.29, 0.717) is 32.7 Å². The summed E-state index contributed by atoms with van der Waals surface area (Å²) in [6.07, 6.45) is 0.721. The van der Waals surface area contributed by atoms with Gasteiger partial charge in [0.25, 0.3) is 0 Å². The number of carbonyl (C=O) groups excluding carboxylic acids is 2. The van der Waals surface area contributed by atoms with E-state index in [4.69, 9.17) is 11.6 Å². The van der Waals surface area contributed by atoms with Gasteiger partial charge in [-0.15, -0.1) is 11.6 Å². The minimum atomic E-state index is -0.629. The van der Waals surface area contributed by atoms with E-state index < -0.39 is 10.9 Å². The number of halogens is 1. The van der Waals surface area contributed by atoms with Crippen LogP contribution in [0, 0.1) is 0 Å². The first kappa shape index (κ1) is 16.3. The number of benzene rings is 1. The molecule has 0 saturated carbocycles. The van der Waals surface area contributed by atoms with Crippen molar-refractivity contribution in [3.05, 3.63) is 35.9 Å². The lowest BCUT2D eigenvalue weighted by molar-refractivity contribution is -0.143. The van der Waals surface area contributed by atoms with Crippen molar-refractivity contribution in [1.82, 2.24) is 15.1 Å². The van der Waals surface area contributed by atoms with Gasteiger partial charge in [0, 0.05) is 32.7 Å². The van der Waals surface area contributed by atoms with E-state index >= 15 is 0 Å². The molecule has 0 aliphatic carbocycles. The van der Waals surface area contributed by atoms with E-state index in [-0.39, 0.29) is 11.8 Å². The van der Waals surface area contributed by atoms with Crippen molar-refractivity contribution in [3.63, 3.8) is 0 Å². The zero-order valence-electron chi connectivity index (χ0n) is 13.3. The number of alkyl halides is 1. The van der Waals surface area contributed by atoms with Gasteiger partial charge in [0.1, 0.15) is 10.9 Å². The fraction of sp³-hybridized carbons (Fsp3) is 0.529. The summed E-state index contributed by atoms with van der Waals surface area (Å²) < 4.78 is 0. The summed E-state index contributed by atoms with van der Waals surface area (Å²) in [6, 6.07) is 10.1. The van der Waals surface area contributed by atoms with E-state index in [2.05, 4.69) is 22.3 Å². The van der Waals surface area contributed by atoms with Crippen LogP contribution < -0.4 is 5.32 Å². The van der Waals surface area contributed by atoms with Crippen molar-refractivity contribution in [2.75, 3.05) is 26.2 Å². The Hall–Kier alpha value is -1.59. The quantitative estimate of drug-likeness (QED) is 0.845. The van der Waals surface area contributed by atoms with Crippen LogP contribution in [0.1, 0.15) is 18.9 Å². The van der Waals surface area contributed by atoms with Gasteiger partial charge in [-0.1, -0.05) is 30.3 Å². The summed E-state index contributed by atoms with van der Waals surface area (Å²) in [6.45, 7) is 4.76. The summed E-state index contributed by atoms with van der Waals surface area (Å²) in [5.74, 6) is -0.0711. The molecule has 2 saturated heterocycles. The standard InChI is InChI=1S/C17H22ClN3O2/c1-13(18)15(22)20-9-10-21(11-14-5-3-2-4-6-14)17(12-20)7-8-19-16(17)23/h2-6,13H,7-12H2,1H3,(H,19,23). The van der Waals surface area contributed by atoms with Crippen LogP contribution in [0.25, 0.3) is 0 Å². The summed E-state index contributed by atoms with van der Waals surface area (Å²) >= 11 is 5.95. The molecule has 2 aliphatic heterocycles. The third-order valence-electron chi connectivity index (χ3n) is 4.81. The lowest BCUT2D eigenvalue weighted by Gasteiger charge is -2.47. The highest BCUT2D eigenvalue weighted by atomic mass is 35.5. The number of nitrogens with zero attached hydrogens (tertiary/aromatic N) is 2. The maximum Gasteiger partial charge on any atom is 0.242 e. The Bertz CT molecular complexity index is 593. The van der Waals surface area contributed by atoms with Gasteiger partial charge in [0.15, 0.2) is 0 Å². The fourth-order valence-corrected chi connectivity index (χ4v) is 3.68. The molecular weight excluding hydrogens is 314 g/mol. The Balaban J connectivity index is 1.83. The smallest absolute Gasteiger partial charge is 0.242 e. The van der Waals surface area contributed by atoms with Gasteiger partial charge in [0.05, 0.1) is 0 Å². The van der Waals surface area contributed by atoms with Crippen molar-refractivity contribution in [3.8, 4) is 0 Å². The van der Waals surface area contributed by atoms with Gasteiger partial charge >= 0.3 is 0 Å². The minimum absolute atomic E-state index is 0.0214. The zero-order valence-corrected chi connectivity index (χ0v) is 14.1. The van der Waals surface area contributed by atoms with Crippen molar-refractivity contribution in [1.29, 1.82) is 0 Å². The Morgan fingerprint density at radius 2 is 2.09 bits per heavy atom. The van der Waals surface area contributed by atoms with Gasteiger partial charge in [-0.2, -0.15) is 0 Å². The third kappa shape index (κ3) is 3.08. The van der Waals surface area contributed by atoms with E-state index in [1.807, 2.05) is 18.2 Å². The normalized spacial score (nSPS) is 26.3. The van der Waals surface area contributed by atoms with Crippen LogP contribution in [0.4, 0.5) is 0 Å². The molecule has 5 nitrogen and oxygen atoms in total. The van der Waals surface area contributed by atoms with Crippen LogP contribution in [-0.2, 0) is 16.1 Å². The van der Waals surface area contributed by atoms with E-state index in [0.717, 1.165) is 6.42 Å². The van der Waals surface area contributed by atoms with Crippen LogP contribution >= 0.6 is 11.6 Å². The fourth-order valence-electron chi connectivity index (χ4n) is 3.54. The average Bonchev–Trinajstić information content (AvgIpc) is 2.91. The molecule has 0 radical (unpaired) electrons. The van der Waals surface area contributed by atoms with Crippen molar-refractivity contribution >= 4 is 23.4 Å². The first-order valence-corrected chi connectivity index (χ1v) is 8.47. The highest BCUT2D eigenvalue weighted by molar-refractivity contribution is 6.30. The molecule has 124 valence electrons. The van der Waals surface area contributed by atoms with Gasteiger partial charge in [-0.3, -0.25) is 14.5 Å². The average molecular weight is 336 g/mol. The minimum Gasteiger partial charge on any atom is -0.354 e. The molecule has 1 N–H and O–H groups in total. The van der Waals surface area contributed by atoms with Gasteiger partial charge in [-0.05, 0) is 18.9 Å². The summed E-state index contributed by atoms with van der Waals surface area (Å²) in [5, 5.41) is 2.37. The Morgan fingerprint density at radius 1 is 1.35 bits per heavy atom. The molecule has 2 atom stereocenters. The van der Waals surface area contributed by atoms with Crippen LogP contribution in [0.3, 0.4) is 0 Å². The van der Waals surface area contributed by atoms with Crippen LogP contribution in [0.2, 0.25) is 0 Å². The second-order valence-electron chi connectivity index (χ2n) is 6.32. The molecular formula is C17H22ClN3O2. The molecule has 2 unspecified atom stereocenters. The number of hydrogen-bond donors (Lipinski definition) is 1. The van der Waals surface area contributed by atoms with E-state index in [1.165, 1.54) is 5.56 Å². The van der Waals surface area contributed by atoms with Crippen LogP contribution in [0.5, 0.6) is 0 Å². The molecule has 23 heavy (non-hydrogen) atoms. The molecule has 1 spiro atoms. The third-order valence-corrected chi connectivity index (χ3v) is 5.00. The second kappa shape index (κ2) is 6.49. The van der Waals surface area contributed by atoms with Gasteiger partial charge in [-0.25, -0.2) is 0 Å². The Labute approximate surface area is 141 Å². The highest BCUT2D eigenvalue weighted by Crippen LogP contribution is 2.31. The number of piperazine rings is 1. The molecule has 2 aliphatic rings. The van der Waals surface area contributed by atoms with Gasteiger partial charge < -0.3 is 10.2 Å². The number of amides is 2. The summed E-state index contributed by atoms with van der Waals surface area (Å²) in [5.41, 5.74) is 0.548. The first-order chi connectivity index (χ1) is 11.0. The van der Waals surface area contributed by atoms with Crippen LogP contribution in [-0.4, -0.2) is 58.7 Å². The van der Waals surface area contributed by atoms with Gasteiger partial charge in [0.2, 0.25) is 11.8 Å². The second-order valence-corrected chi connectivity index (χ2v) is 6.98. The lowest BCUT2D eigenvalue weighted by Crippen LogP contribution is -2.66. The molecule has 2 fully saturated rings. The Kier molecular flexibility index (Phi) is 4.60. The van der Waals surface area contributed by atoms with E-state index in [9.17, 15) is 9.59 Å². The maximum absolute atomic E-state index is 12.6. The first-order valence-electron chi connectivity index (χ1n) is 8.03.